The number of nitrogens with one attached hydrogen (secondary N) is 1. The Morgan fingerprint density at radius 1 is 1.19 bits per heavy atom. The van der Waals surface area contributed by atoms with Crippen molar-refractivity contribution in [3.05, 3.63) is 42.1 Å². The molecule has 0 aliphatic heterocycles. The van der Waals surface area contributed by atoms with Crippen LogP contribution in [-0.2, 0) is 20.0 Å². The molecule has 0 saturated carbocycles. The molecule has 108 valence electrons. The van der Waals surface area contributed by atoms with Gasteiger partial charge >= 0.3 is 0 Å². The number of rotatable bonds is 5. The van der Waals surface area contributed by atoms with Crippen LogP contribution in [0.5, 0.6) is 0 Å². The van der Waals surface area contributed by atoms with Crippen LogP contribution in [0.4, 0.5) is 5.82 Å². The lowest BCUT2D eigenvalue weighted by Crippen LogP contribution is -2.06. The summed E-state index contributed by atoms with van der Waals surface area (Å²) in [6.45, 7) is 2.83. The van der Waals surface area contributed by atoms with E-state index in [9.17, 15) is 0 Å². The van der Waals surface area contributed by atoms with Crippen molar-refractivity contribution in [2.45, 2.75) is 26.3 Å². The third kappa shape index (κ3) is 2.84. The second kappa shape index (κ2) is 5.87. The van der Waals surface area contributed by atoms with Gasteiger partial charge in [-0.1, -0.05) is 6.92 Å². The summed E-state index contributed by atoms with van der Waals surface area (Å²) in [5.74, 6) is 1.69. The van der Waals surface area contributed by atoms with Gasteiger partial charge in [0.2, 0.25) is 0 Å². The monoisotopic (exact) mass is 282 g/mol. The summed E-state index contributed by atoms with van der Waals surface area (Å²) in [6.07, 6.45) is 7.27. The standard InChI is InChI=1S/C15H18N6/c1-3-4-13-19-14(12-10-18-21(2)15(12)20-13)17-9-11-5-7-16-8-6-11/h5-8,10H,3-4,9H2,1-2H3,(H,17,19,20). The Hall–Kier alpha value is -2.50. The molecule has 21 heavy (non-hydrogen) atoms. The van der Waals surface area contributed by atoms with Gasteiger partial charge in [-0.15, -0.1) is 0 Å². The first-order valence-electron chi connectivity index (χ1n) is 7.09. The number of hydrogen-bond acceptors (Lipinski definition) is 5. The van der Waals surface area contributed by atoms with Gasteiger partial charge in [-0.2, -0.15) is 5.10 Å². The Balaban J connectivity index is 1.92. The summed E-state index contributed by atoms with van der Waals surface area (Å²) < 4.78 is 1.79. The van der Waals surface area contributed by atoms with E-state index in [0.29, 0.717) is 6.54 Å². The van der Waals surface area contributed by atoms with E-state index >= 15 is 0 Å². The van der Waals surface area contributed by atoms with Crippen LogP contribution in [0.15, 0.2) is 30.7 Å². The van der Waals surface area contributed by atoms with Gasteiger partial charge in [-0.25, -0.2) is 9.97 Å². The van der Waals surface area contributed by atoms with E-state index < -0.39 is 0 Å². The molecule has 6 heteroatoms. The third-order valence-electron chi connectivity index (χ3n) is 3.32. The van der Waals surface area contributed by atoms with Crippen molar-refractivity contribution in [1.29, 1.82) is 0 Å². The molecule has 0 aliphatic carbocycles. The summed E-state index contributed by atoms with van der Waals surface area (Å²) in [5.41, 5.74) is 2.03. The van der Waals surface area contributed by atoms with Gasteiger partial charge in [0, 0.05) is 32.4 Å². The maximum atomic E-state index is 4.63. The van der Waals surface area contributed by atoms with Gasteiger partial charge in [0.25, 0.3) is 0 Å². The fourth-order valence-electron chi connectivity index (χ4n) is 2.22. The topological polar surface area (TPSA) is 68.5 Å². The van der Waals surface area contributed by atoms with Crippen LogP contribution in [0, 0.1) is 0 Å². The van der Waals surface area contributed by atoms with E-state index in [-0.39, 0.29) is 0 Å². The minimum Gasteiger partial charge on any atom is -0.365 e. The Bertz CT molecular complexity index is 735. The molecule has 0 bridgehead atoms. The van der Waals surface area contributed by atoms with Crippen LogP contribution in [0.1, 0.15) is 24.7 Å². The van der Waals surface area contributed by atoms with Crippen molar-refractivity contribution >= 4 is 16.9 Å². The second-order valence-electron chi connectivity index (χ2n) is 4.95. The number of aromatic nitrogens is 5. The largest absolute Gasteiger partial charge is 0.365 e. The zero-order chi connectivity index (χ0) is 14.7. The highest BCUT2D eigenvalue weighted by atomic mass is 15.3. The van der Waals surface area contributed by atoms with Crippen molar-refractivity contribution < 1.29 is 0 Å². The number of aryl methyl sites for hydroxylation is 2. The average Bonchev–Trinajstić information content (AvgIpc) is 2.88. The van der Waals surface area contributed by atoms with Crippen LogP contribution < -0.4 is 5.32 Å². The fourth-order valence-corrected chi connectivity index (χ4v) is 2.22. The highest BCUT2D eigenvalue weighted by Gasteiger charge is 2.11. The van der Waals surface area contributed by atoms with Gasteiger partial charge in [0.1, 0.15) is 11.6 Å². The van der Waals surface area contributed by atoms with Crippen molar-refractivity contribution in [3.8, 4) is 0 Å². The van der Waals surface area contributed by atoms with E-state index in [1.165, 1.54) is 0 Å². The molecule has 0 fully saturated rings. The van der Waals surface area contributed by atoms with Crippen molar-refractivity contribution in [2.24, 2.45) is 7.05 Å². The Morgan fingerprint density at radius 2 is 2.00 bits per heavy atom. The normalized spacial score (nSPS) is 11.0. The molecular formula is C15H18N6. The van der Waals surface area contributed by atoms with Crippen LogP contribution in [-0.4, -0.2) is 24.7 Å². The molecular weight excluding hydrogens is 264 g/mol. The lowest BCUT2D eigenvalue weighted by atomic mass is 10.2. The Morgan fingerprint density at radius 3 is 2.76 bits per heavy atom. The van der Waals surface area contributed by atoms with Crippen molar-refractivity contribution in [1.82, 2.24) is 24.7 Å². The SMILES string of the molecule is CCCc1nc(NCc2ccncc2)c2cnn(C)c2n1. The third-order valence-corrected chi connectivity index (χ3v) is 3.32. The minimum absolute atomic E-state index is 0.703. The molecule has 3 aromatic heterocycles. The molecule has 3 heterocycles. The highest BCUT2D eigenvalue weighted by Crippen LogP contribution is 2.20. The molecule has 6 nitrogen and oxygen atoms in total. The van der Waals surface area contributed by atoms with Gasteiger partial charge in [-0.05, 0) is 24.1 Å². The molecule has 0 amide bonds. The molecule has 0 unspecified atom stereocenters. The molecule has 0 aromatic carbocycles. The predicted octanol–water partition coefficient (Wildman–Crippen LogP) is 2.32. The first-order valence-corrected chi connectivity index (χ1v) is 7.09. The molecule has 0 radical (unpaired) electrons. The smallest absolute Gasteiger partial charge is 0.163 e. The summed E-state index contributed by atoms with van der Waals surface area (Å²) in [4.78, 5) is 13.2. The van der Waals surface area contributed by atoms with Gasteiger partial charge in [0.05, 0.1) is 11.6 Å². The molecule has 0 saturated heterocycles. The molecule has 0 atom stereocenters. The van der Waals surface area contributed by atoms with Gasteiger partial charge < -0.3 is 5.32 Å². The molecule has 0 aliphatic rings. The maximum Gasteiger partial charge on any atom is 0.163 e. The Kier molecular flexibility index (Phi) is 3.77. The zero-order valence-electron chi connectivity index (χ0n) is 12.2. The Labute approximate surface area is 123 Å². The van der Waals surface area contributed by atoms with Crippen LogP contribution in [0.25, 0.3) is 11.0 Å². The van der Waals surface area contributed by atoms with Crippen molar-refractivity contribution in [2.75, 3.05) is 5.32 Å². The molecule has 0 spiro atoms. The van der Waals surface area contributed by atoms with Crippen LogP contribution >= 0.6 is 0 Å². The lowest BCUT2D eigenvalue weighted by molar-refractivity contribution is 0.772. The highest BCUT2D eigenvalue weighted by molar-refractivity contribution is 5.86. The average molecular weight is 282 g/mol. The first-order chi connectivity index (χ1) is 10.3. The summed E-state index contributed by atoms with van der Waals surface area (Å²) in [7, 11) is 1.90. The molecule has 3 rings (SSSR count). The van der Waals surface area contributed by atoms with Crippen LogP contribution in [0.2, 0.25) is 0 Å². The van der Waals surface area contributed by atoms with E-state index in [2.05, 4.69) is 32.3 Å². The van der Waals surface area contributed by atoms with E-state index in [4.69, 9.17) is 0 Å². The van der Waals surface area contributed by atoms with E-state index in [1.54, 1.807) is 23.3 Å². The van der Waals surface area contributed by atoms with Gasteiger partial charge in [-0.3, -0.25) is 9.67 Å². The van der Waals surface area contributed by atoms with E-state index in [0.717, 1.165) is 41.1 Å². The quantitative estimate of drug-likeness (QED) is 0.777. The summed E-state index contributed by atoms with van der Waals surface area (Å²) in [6, 6.07) is 3.98. The zero-order valence-corrected chi connectivity index (χ0v) is 12.2. The fraction of sp³-hybridized carbons (Fsp3) is 0.333. The number of pyridine rings is 1. The maximum absolute atomic E-state index is 4.63. The number of nitrogens with zero attached hydrogens (tertiary/aromatic N) is 5. The summed E-state index contributed by atoms with van der Waals surface area (Å²) in [5, 5.41) is 8.61. The number of fused-ring (bicyclic) bond motifs is 1. The van der Waals surface area contributed by atoms with Crippen molar-refractivity contribution in [3.63, 3.8) is 0 Å². The minimum atomic E-state index is 0.703. The lowest BCUT2D eigenvalue weighted by Gasteiger charge is -2.08. The number of hydrogen-bond donors (Lipinski definition) is 1. The molecule has 3 aromatic rings. The second-order valence-corrected chi connectivity index (χ2v) is 4.95. The van der Waals surface area contributed by atoms with Crippen LogP contribution in [0.3, 0.4) is 0 Å². The summed E-state index contributed by atoms with van der Waals surface area (Å²) >= 11 is 0. The van der Waals surface area contributed by atoms with E-state index in [1.807, 2.05) is 19.2 Å². The number of anilines is 1. The first kappa shape index (κ1) is 13.5. The molecule has 1 N–H and O–H groups in total. The predicted molar refractivity (Wildman–Crippen MR) is 81.9 cm³/mol. The van der Waals surface area contributed by atoms with Gasteiger partial charge in [0.15, 0.2) is 5.65 Å².